The molecule has 0 aromatic carbocycles. The number of carbonyl (C=O) groups excluding carboxylic acids is 2. The van der Waals surface area contributed by atoms with Crippen molar-refractivity contribution in [3.63, 3.8) is 0 Å². The molecule has 5 fully saturated rings. The van der Waals surface area contributed by atoms with E-state index in [0.717, 1.165) is 6.42 Å². The first-order valence-electron chi connectivity index (χ1n) is 12.2. The molecule has 4 saturated carbocycles. The van der Waals surface area contributed by atoms with E-state index < -0.39 is 28.7 Å². The number of hydrogen-bond donors (Lipinski definition) is 5. The summed E-state index contributed by atoms with van der Waals surface area (Å²) in [5, 5.41) is 16.4. The second kappa shape index (κ2) is 11.1. The van der Waals surface area contributed by atoms with Crippen molar-refractivity contribution < 1.29 is 28.6 Å². The lowest BCUT2D eigenvalue weighted by atomic mass is 9.60. The van der Waals surface area contributed by atoms with Gasteiger partial charge in [-0.3, -0.25) is 9.59 Å². The Morgan fingerprint density at radius 2 is 1.68 bits per heavy atom. The molecule has 12 heteroatoms. The minimum absolute atomic E-state index is 0.120. The summed E-state index contributed by atoms with van der Waals surface area (Å²) in [6.45, 7) is -0.263. The summed E-state index contributed by atoms with van der Waals surface area (Å²) in [5.74, 6) is -0.547. The van der Waals surface area contributed by atoms with Crippen LogP contribution in [-0.2, 0) is 19.1 Å². The summed E-state index contributed by atoms with van der Waals surface area (Å²) in [7, 11) is 0. The van der Waals surface area contributed by atoms with Crippen LogP contribution in [-0.4, -0.2) is 76.7 Å². The van der Waals surface area contributed by atoms with Crippen LogP contribution in [0.1, 0.15) is 64.2 Å². The Labute approximate surface area is 209 Å². The number of ether oxygens (including phenoxy) is 2. The van der Waals surface area contributed by atoms with Crippen molar-refractivity contribution in [2.24, 2.45) is 0 Å². The molecule has 34 heavy (non-hydrogen) atoms. The van der Waals surface area contributed by atoms with Gasteiger partial charge in [-0.05, 0) is 57.8 Å². The van der Waals surface area contributed by atoms with Gasteiger partial charge in [0.05, 0.1) is 28.6 Å². The summed E-state index contributed by atoms with van der Waals surface area (Å²) in [6.07, 6.45) is 3.06. The smallest absolute Gasteiger partial charge is 0.246 e. The van der Waals surface area contributed by atoms with Crippen LogP contribution in [0.3, 0.4) is 0 Å². The normalized spacial score (nSPS) is 42.2. The Bertz CT molecular complexity index is 734. The molecule has 1 aliphatic heterocycles. The standard InChI is InChI=1S/C22H35Cl2FN4O5/c23-14-2-1-13(9-15(14)25)33-11-18(31)26-21-5-7-22(8-6-21,16(30)10-21)27-19(32)12-34-20-4-3-17(24)28-29-20/h13-17,20,28-30H,1-12H2,(H,26,31)(H,27,32)/t13?,14?,15?,16-,17?,20?,21?,22?/m0/s1. The Kier molecular flexibility index (Phi) is 8.60. The first-order valence-corrected chi connectivity index (χ1v) is 13.0. The zero-order valence-electron chi connectivity index (χ0n) is 19.2. The molecule has 4 aliphatic carbocycles. The minimum Gasteiger partial charge on any atom is -0.391 e. The number of alkyl halides is 3. The van der Waals surface area contributed by atoms with Gasteiger partial charge in [0.2, 0.25) is 11.8 Å². The van der Waals surface area contributed by atoms with Crippen LogP contribution in [0, 0.1) is 0 Å². The molecule has 0 radical (unpaired) electrons. The van der Waals surface area contributed by atoms with Crippen LogP contribution in [0.25, 0.3) is 0 Å². The fraction of sp³-hybridized carbons (Fsp3) is 0.909. The van der Waals surface area contributed by atoms with Crippen molar-refractivity contribution >= 4 is 35.0 Å². The highest BCUT2D eigenvalue weighted by Gasteiger charge is 2.55. The molecular formula is C22H35Cl2FN4O5. The van der Waals surface area contributed by atoms with Gasteiger partial charge in [-0.25, -0.2) is 15.2 Å². The predicted molar refractivity (Wildman–Crippen MR) is 124 cm³/mol. The summed E-state index contributed by atoms with van der Waals surface area (Å²) in [4.78, 5) is 25.1. The number of carbonyl (C=O) groups is 2. The maximum Gasteiger partial charge on any atom is 0.246 e. The molecule has 1 saturated heterocycles. The molecule has 0 spiro atoms. The number of aliphatic hydroxyl groups is 1. The number of aliphatic hydroxyl groups excluding tert-OH is 1. The van der Waals surface area contributed by atoms with E-state index in [4.69, 9.17) is 32.7 Å². The molecule has 2 amide bonds. The lowest BCUT2D eigenvalue weighted by Crippen LogP contribution is -2.70. The third-order valence-corrected chi connectivity index (χ3v) is 8.53. The SMILES string of the molecule is O=C(COC1CCC(Cl)C(F)C1)NC12CCC(NC(=O)COC3CCC(Cl)NN3)(CC1)[C@@H](O)C2. The van der Waals surface area contributed by atoms with Crippen LogP contribution >= 0.6 is 23.2 Å². The van der Waals surface area contributed by atoms with Gasteiger partial charge in [-0.15, -0.1) is 23.2 Å². The number of hydrazine groups is 1. The molecule has 9 nitrogen and oxygen atoms in total. The van der Waals surface area contributed by atoms with Gasteiger partial charge < -0.3 is 25.2 Å². The quantitative estimate of drug-likeness (QED) is 0.240. The molecule has 194 valence electrons. The van der Waals surface area contributed by atoms with Crippen LogP contribution in [0.5, 0.6) is 0 Å². The van der Waals surface area contributed by atoms with Gasteiger partial charge in [0.1, 0.15) is 25.6 Å². The van der Waals surface area contributed by atoms with Gasteiger partial charge in [-0.1, -0.05) is 0 Å². The highest BCUT2D eigenvalue weighted by molar-refractivity contribution is 6.21. The number of halogens is 3. The van der Waals surface area contributed by atoms with E-state index in [9.17, 15) is 19.1 Å². The number of fused-ring (bicyclic) bond motifs is 3. The van der Waals surface area contributed by atoms with E-state index in [-0.39, 0.29) is 49.3 Å². The monoisotopic (exact) mass is 524 g/mol. The van der Waals surface area contributed by atoms with Gasteiger partial charge in [0.25, 0.3) is 0 Å². The van der Waals surface area contributed by atoms with Crippen LogP contribution < -0.4 is 21.5 Å². The Hall–Kier alpha value is -0.750. The molecule has 0 aromatic rings. The van der Waals surface area contributed by atoms with Crippen molar-refractivity contribution in [2.45, 2.75) is 111 Å². The highest BCUT2D eigenvalue weighted by atomic mass is 35.5. The van der Waals surface area contributed by atoms with Crippen molar-refractivity contribution in [1.29, 1.82) is 0 Å². The van der Waals surface area contributed by atoms with E-state index in [1.807, 2.05) is 0 Å². The Balaban J connectivity index is 1.20. The molecule has 5 unspecified atom stereocenters. The zero-order valence-corrected chi connectivity index (χ0v) is 20.7. The lowest BCUT2D eigenvalue weighted by molar-refractivity contribution is -0.142. The molecule has 2 bridgehead atoms. The molecule has 5 aliphatic rings. The maximum absolute atomic E-state index is 13.8. The number of hydrogen-bond acceptors (Lipinski definition) is 7. The van der Waals surface area contributed by atoms with Crippen molar-refractivity contribution in [2.75, 3.05) is 13.2 Å². The fourth-order valence-electron chi connectivity index (χ4n) is 5.62. The first kappa shape index (κ1) is 26.3. The maximum atomic E-state index is 13.8. The average Bonchev–Trinajstić information content (AvgIpc) is 2.81. The van der Waals surface area contributed by atoms with Gasteiger partial charge >= 0.3 is 0 Å². The molecule has 1 heterocycles. The molecule has 0 aromatic heterocycles. The third-order valence-electron chi connectivity index (χ3n) is 7.71. The van der Waals surface area contributed by atoms with Gasteiger partial charge in [0.15, 0.2) is 0 Å². The summed E-state index contributed by atoms with van der Waals surface area (Å²) in [6, 6.07) is 0. The molecule has 6 atom stereocenters. The zero-order chi connectivity index (χ0) is 24.3. The number of rotatable bonds is 8. The highest BCUT2D eigenvalue weighted by Crippen LogP contribution is 2.47. The number of amides is 2. The van der Waals surface area contributed by atoms with E-state index in [1.54, 1.807) is 0 Å². The van der Waals surface area contributed by atoms with Gasteiger partial charge in [0, 0.05) is 12.0 Å². The first-order chi connectivity index (χ1) is 16.2. The van der Waals surface area contributed by atoms with Crippen molar-refractivity contribution in [1.82, 2.24) is 21.5 Å². The molecular weight excluding hydrogens is 490 g/mol. The summed E-state index contributed by atoms with van der Waals surface area (Å²) in [5.41, 5.74) is 4.40. The van der Waals surface area contributed by atoms with Gasteiger partial charge in [-0.2, -0.15) is 0 Å². The minimum atomic E-state index is -1.11. The summed E-state index contributed by atoms with van der Waals surface area (Å²) < 4.78 is 25.0. The second-order valence-corrected chi connectivity index (χ2v) is 11.3. The van der Waals surface area contributed by atoms with E-state index in [0.29, 0.717) is 51.4 Å². The Morgan fingerprint density at radius 1 is 0.971 bits per heavy atom. The van der Waals surface area contributed by atoms with E-state index >= 15 is 0 Å². The third kappa shape index (κ3) is 6.32. The molecule has 5 N–H and O–H groups in total. The molecule has 5 rings (SSSR count). The van der Waals surface area contributed by atoms with Crippen molar-refractivity contribution in [3.8, 4) is 0 Å². The van der Waals surface area contributed by atoms with E-state index in [1.165, 1.54) is 0 Å². The summed E-state index contributed by atoms with van der Waals surface area (Å²) >= 11 is 11.9. The second-order valence-electron chi connectivity index (χ2n) is 10.2. The number of nitrogens with one attached hydrogen (secondary N) is 4. The topological polar surface area (TPSA) is 121 Å². The van der Waals surface area contributed by atoms with Crippen molar-refractivity contribution in [3.05, 3.63) is 0 Å². The largest absolute Gasteiger partial charge is 0.391 e. The predicted octanol–water partition coefficient (Wildman–Crippen LogP) is 1.35. The fourth-order valence-corrected chi connectivity index (χ4v) is 6.04. The lowest BCUT2D eigenvalue weighted by Gasteiger charge is -2.56. The van der Waals surface area contributed by atoms with Crippen LogP contribution in [0.15, 0.2) is 0 Å². The van der Waals surface area contributed by atoms with E-state index in [2.05, 4.69) is 21.5 Å². The van der Waals surface area contributed by atoms with Crippen LogP contribution in [0.4, 0.5) is 4.39 Å². The average molecular weight is 525 g/mol. The Morgan fingerprint density at radius 3 is 2.32 bits per heavy atom. The van der Waals surface area contributed by atoms with Crippen LogP contribution in [0.2, 0.25) is 0 Å².